The zero-order chi connectivity index (χ0) is 15.5. The van der Waals surface area contributed by atoms with Gasteiger partial charge in [0.1, 0.15) is 0 Å². The minimum absolute atomic E-state index is 0.0519. The fraction of sp³-hybridized carbons (Fsp3) is 0.588. The van der Waals surface area contributed by atoms with Crippen molar-refractivity contribution in [2.75, 3.05) is 13.1 Å². The molecule has 1 aromatic carbocycles. The van der Waals surface area contributed by atoms with E-state index in [1.54, 1.807) is 0 Å². The second-order valence-electron chi connectivity index (χ2n) is 5.99. The number of hydrogen-bond donors (Lipinski definition) is 2. The molecule has 0 radical (unpaired) electrons. The third kappa shape index (κ3) is 3.41. The molecule has 21 heavy (non-hydrogen) atoms. The van der Waals surface area contributed by atoms with Crippen LogP contribution in [0, 0.1) is 11.8 Å². The van der Waals surface area contributed by atoms with Crippen LogP contribution in [0.25, 0.3) is 0 Å². The van der Waals surface area contributed by atoms with Crippen LogP contribution in [0.1, 0.15) is 39.2 Å². The van der Waals surface area contributed by atoms with Crippen molar-refractivity contribution in [3.8, 4) is 0 Å². The molecule has 0 aliphatic carbocycles. The van der Waals surface area contributed by atoms with Gasteiger partial charge in [0.2, 0.25) is 5.91 Å². The van der Waals surface area contributed by atoms with Crippen molar-refractivity contribution in [1.82, 2.24) is 10.6 Å². The smallest absolute Gasteiger partial charge is 0.223 e. The first kappa shape index (κ1) is 16.3. The summed E-state index contributed by atoms with van der Waals surface area (Å²) in [5.74, 6) is 0.665. The number of carbonyl (C=O) groups is 1. The Kier molecular flexibility index (Phi) is 5.28. The molecule has 4 heteroatoms. The number of benzene rings is 1. The van der Waals surface area contributed by atoms with Gasteiger partial charge in [0, 0.05) is 10.9 Å². The second-order valence-corrected chi connectivity index (χ2v) is 6.43. The van der Waals surface area contributed by atoms with Gasteiger partial charge in [-0.05, 0) is 49.5 Å². The average molecular weight is 309 g/mol. The van der Waals surface area contributed by atoms with Gasteiger partial charge in [0.15, 0.2) is 0 Å². The summed E-state index contributed by atoms with van der Waals surface area (Å²) in [7, 11) is 0. The number of rotatable bonds is 6. The van der Waals surface area contributed by atoms with Crippen molar-refractivity contribution in [3.63, 3.8) is 0 Å². The summed E-state index contributed by atoms with van der Waals surface area (Å²) in [6.45, 7) is 8.16. The molecule has 2 N–H and O–H groups in total. The summed E-state index contributed by atoms with van der Waals surface area (Å²) in [6, 6.07) is 7.82. The van der Waals surface area contributed by atoms with Gasteiger partial charge in [-0.2, -0.15) is 0 Å². The maximum atomic E-state index is 12.6. The highest BCUT2D eigenvalue weighted by Crippen LogP contribution is 2.31. The molecule has 1 aromatic rings. The normalized spacial score (nSPS) is 17.1. The van der Waals surface area contributed by atoms with E-state index in [1.807, 2.05) is 31.2 Å². The van der Waals surface area contributed by atoms with Crippen LogP contribution in [0.4, 0.5) is 0 Å². The SMILES string of the molecule is CCC(CC)(NC(=O)C(C)C1CNC1)c1ccc(Cl)cc1. The standard InChI is InChI=1S/C17H25ClN2O/c1-4-17(5-2,14-6-8-15(18)9-7-14)20-16(21)12(3)13-10-19-11-13/h6-9,12-13,19H,4-5,10-11H2,1-3H3,(H,20,21). The summed E-state index contributed by atoms with van der Waals surface area (Å²) >= 11 is 5.98. The van der Waals surface area contributed by atoms with Crippen LogP contribution in [-0.4, -0.2) is 19.0 Å². The monoisotopic (exact) mass is 308 g/mol. The lowest BCUT2D eigenvalue weighted by Gasteiger charge is -2.38. The van der Waals surface area contributed by atoms with Gasteiger partial charge >= 0.3 is 0 Å². The lowest BCUT2D eigenvalue weighted by atomic mass is 9.82. The Balaban J connectivity index is 2.17. The van der Waals surface area contributed by atoms with Crippen molar-refractivity contribution < 1.29 is 4.79 Å². The van der Waals surface area contributed by atoms with Crippen molar-refractivity contribution in [2.24, 2.45) is 11.8 Å². The first-order valence-electron chi connectivity index (χ1n) is 7.81. The molecule has 0 saturated carbocycles. The van der Waals surface area contributed by atoms with E-state index in [2.05, 4.69) is 24.5 Å². The first-order chi connectivity index (χ1) is 10.0. The molecule has 0 aromatic heterocycles. The van der Waals surface area contributed by atoms with E-state index >= 15 is 0 Å². The summed E-state index contributed by atoms with van der Waals surface area (Å²) in [5.41, 5.74) is 0.830. The van der Waals surface area contributed by atoms with Crippen LogP contribution in [0.3, 0.4) is 0 Å². The predicted octanol–water partition coefficient (Wildman–Crippen LogP) is 3.33. The third-order valence-corrected chi connectivity index (χ3v) is 5.15. The fourth-order valence-electron chi connectivity index (χ4n) is 2.90. The van der Waals surface area contributed by atoms with Crippen LogP contribution in [0.5, 0.6) is 0 Å². The largest absolute Gasteiger partial charge is 0.346 e. The van der Waals surface area contributed by atoms with E-state index in [0.717, 1.165) is 36.5 Å². The van der Waals surface area contributed by atoms with Crippen LogP contribution in [0.2, 0.25) is 5.02 Å². The molecule has 116 valence electrons. The molecule has 1 heterocycles. The molecule has 1 saturated heterocycles. The van der Waals surface area contributed by atoms with Crippen molar-refractivity contribution in [3.05, 3.63) is 34.9 Å². The number of carbonyl (C=O) groups excluding carboxylic acids is 1. The molecule has 1 aliphatic rings. The van der Waals surface area contributed by atoms with Crippen molar-refractivity contribution in [2.45, 2.75) is 39.2 Å². The molecule has 1 aliphatic heterocycles. The number of amides is 1. The first-order valence-corrected chi connectivity index (χ1v) is 8.19. The Bertz CT molecular complexity index is 478. The lowest BCUT2D eigenvalue weighted by molar-refractivity contribution is -0.129. The summed E-state index contributed by atoms with van der Waals surface area (Å²) in [5, 5.41) is 7.26. The summed E-state index contributed by atoms with van der Waals surface area (Å²) < 4.78 is 0. The maximum absolute atomic E-state index is 12.6. The van der Waals surface area contributed by atoms with Crippen LogP contribution < -0.4 is 10.6 Å². The Morgan fingerprint density at radius 3 is 2.33 bits per heavy atom. The highest BCUT2D eigenvalue weighted by atomic mass is 35.5. The number of halogens is 1. The van der Waals surface area contributed by atoms with Gasteiger partial charge in [0.25, 0.3) is 0 Å². The minimum Gasteiger partial charge on any atom is -0.346 e. The van der Waals surface area contributed by atoms with E-state index in [4.69, 9.17) is 11.6 Å². The highest BCUT2D eigenvalue weighted by molar-refractivity contribution is 6.30. The van der Waals surface area contributed by atoms with E-state index in [9.17, 15) is 4.79 Å². The van der Waals surface area contributed by atoms with E-state index in [-0.39, 0.29) is 17.4 Å². The zero-order valence-corrected chi connectivity index (χ0v) is 13.8. The fourth-order valence-corrected chi connectivity index (χ4v) is 3.03. The van der Waals surface area contributed by atoms with Gasteiger partial charge in [0.05, 0.1) is 5.54 Å². The van der Waals surface area contributed by atoms with Gasteiger partial charge in [-0.3, -0.25) is 4.79 Å². The van der Waals surface area contributed by atoms with Crippen molar-refractivity contribution >= 4 is 17.5 Å². The Labute approximate surface area is 132 Å². The molecule has 0 spiro atoms. The van der Waals surface area contributed by atoms with E-state index < -0.39 is 0 Å². The Morgan fingerprint density at radius 2 is 1.90 bits per heavy atom. The van der Waals surface area contributed by atoms with Gasteiger partial charge in [-0.15, -0.1) is 0 Å². The summed E-state index contributed by atoms with van der Waals surface area (Å²) in [6.07, 6.45) is 1.74. The van der Waals surface area contributed by atoms with Gasteiger partial charge in [-0.1, -0.05) is 44.5 Å². The minimum atomic E-state index is -0.299. The Morgan fingerprint density at radius 1 is 1.33 bits per heavy atom. The lowest BCUT2D eigenvalue weighted by Crippen LogP contribution is -2.53. The number of hydrogen-bond acceptors (Lipinski definition) is 2. The molecule has 1 atom stereocenters. The predicted molar refractivity (Wildman–Crippen MR) is 87.4 cm³/mol. The van der Waals surface area contributed by atoms with Gasteiger partial charge in [-0.25, -0.2) is 0 Å². The average Bonchev–Trinajstić information content (AvgIpc) is 2.43. The molecular formula is C17H25ClN2O. The molecular weight excluding hydrogens is 284 g/mol. The van der Waals surface area contributed by atoms with Gasteiger partial charge < -0.3 is 10.6 Å². The molecule has 2 rings (SSSR count). The molecule has 1 fully saturated rings. The molecule has 1 amide bonds. The van der Waals surface area contributed by atoms with Crippen LogP contribution in [0.15, 0.2) is 24.3 Å². The topological polar surface area (TPSA) is 41.1 Å². The van der Waals surface area contributed by atoms with E-state index in [1.165, 1.54) is 0 Å². The molecule has 1 unspecified atom stereocenters. The third-order valence-electron chi connectivity index (χ3n) is 4.90. The quantitative estimate of drug-likeness (QED) is 0.846. The number of nitrogens with one attached hydrogen (secondary N) is 2. The molecule has 3 nitrogen and oxygen atoms in total. The summed E-state index contributed by atoms with van der Waals surface area (Å²) in [4.78, 5) is 12.6. The van der Waals surface area contributed by atoms with Crippen molar-refractivity contribution in [1.29, 1.82) is 0 Å². The zero-order valence-electron chi connectivity index (χ0n) is 13.1. The van der Waals surface area contributed by atoms with Crippen LogP contribution >= 0.6 is 11.6 Å². The highest BCUT2D eigenvalue weighted by Gasteiger charge is 2.35. The van der Waals surface area contributed by atoms with E-state index in [0.29, 0.717) is 5.92 Å². The second kappa shape index (κ2) is 6.80. The van der Waals surface area contributed by atoms with Crippen LogP contribution in [-0.2, 0) is 10.3 Å². The molecule has 0 bridgehead atoms. The Hall–Kier alpha value is -1.06. The maximum Gasteiger partial charge on any atom is 0.223 e.